The van der Waals surface area contributed by atoms with E-state index in [0.717, 1.165) is 43.9 Å². The van der Waals surface area contributed by atoms with Crippen molar-refractivity contribution >= 4 is 17.7 Å². The summed E-state index contributed by atoms with van der Waals surface area (Å²) < 4.78 is 5.90. The molecule has 1 saturated carbocycles. The first-order valence-electron chi connectivity index (χ1n) is 8.52. The highest BCUT2D eigenvalue weighted by Gasteiger charge is 2.21. The second-order valence-corrected chi connectivity index (χ2v) is 7.36. The first kappa shape index (κ1) is 16.9. The number of rotatable bonds is 6. The Hall–Kier alpha value is -0.420. The summed E-state index contributed by atoms with van der Waals surface area (Å²) in [6.45, 7) is 6.35. The van der Waals surface area contributed by atoms with E-state index < -0.39 is 0 Å². The molecule has 1 N–H and O–H groups in total. The van der Waals surface area contributed by atoms with Crippen molar-refractivity contribution in [3.63, 3.8) is 0 Å². The van der Waals surface area contributed by atoms with Crippen molar-refractivity contribution in [2.24, 2.45) is 4.99 Å². The quantitative estimate of drug-likeness (QED) is 0.465. The Kier molecular flexibility index (Phi) is 7.72. The summed E-state index contributed by atoms with van der Waals surface area (Å²) in [5, 5.41) is 4.25. The molecule has 0 radical (unpaired) electrons. The number of aliphatic imine (C=N–C) groups is 1. The molecule has 122 valence electrons. The summed E-state index contributed by atoms with van der Waals surface area (Å²) in [5.41, 5.74) is 0. The molecule has 0 spiro atoms. The summed E-state index contributed by atoms with van der Waals surface area (Å²) >= 11 is 2.10. The van der Waals surface area contributed by atoms with Crippen LogP contribution in [0.1, 0.15) is 45.4 Å². The van der Waals surface area contributed by atoms with Crippen LogP contribution < -0.4 is 5.32 Å². The molecule has 1 aliphatic carbocycles. The molecule has 1 unspecified atom stereocenters. The zero-order chi connectivity index (χ0) is 14.9. The fraction of sp³-hybridized carbons (Fsp3) is 0.938. The SMILES string of the molecule is CCC1CN(C(=NC)NCCCOC2CCCC2)CCS1. The van der Waals surface area contributed by atoms with E-state index in [1.165, 1.54) is 37.9 Å². The number of nitrogens with one attached hydrogen (secondary N) is 1. The minimum atomic E-state index is 0.536. The van der Waals surface area contributed by atoms with Crippen LogP contribution >= 0.6 is 11.8 Å². The molecule has 1 saturated heterocycles. The highest BCUT2D eigenvalue weighted by molar-refractivity contribution is 8.00. The number of hydrogen-bond acceptors (Lipinski definition) is 3. The van der Waals surface area contributed by atoms with Gasteiger partial charge in [0.05, 0.1) is 6.10 Å². The summed E-state index contributed by atoms with van der Waals surface area (Å²) in [6, 6.07) is 0. The molecule has 0 aromatic heterocycles. The maximum Gasteiger partial charge on any atom is 0.193 e. The van der Waals surface area contributed by atoms with Gasteiger partial charge >= 0.3 is 0 Å². The van der Waals surface area contributed by atoms with E-state index in [2.05, 4.69) is 33.9 Å². The molecule has 1 atom stereocenters. The smallest absolute Gasteiger partial charge is 0.193 e. The van der Waals surface area contributed by atoms with Crippen LogP contribution in [0.5, 0.6) is 0 Å². The normalized spacial score (nSPS) is 24.6. The lowest BCUT2D eigenvalue weighted by Crippen LogP contribution is -2.48. The summed E-state index contributed by atoms with van der Waals surface area (Å²) in [4.78, 5) is 6.84. The van der Waals surface area contributed by atoms with Crippen LogP contribution in [0.25, 0.3) is 0 Å². The third-order valence-electron chi connectivity index (χ3n) is 4.37. The molecule has 0 aromatic carbocycles. The molecule has 2 aliphatic rings. The van der Waals surface area contributed by atoms with Gasteiger partial charge in [-0.2, -0.15) is 11.8 Å². The molecular weight excluding hydrogens is 282 g/mol. The average Bonchev–Trinajstić information content (AvgIpc) is 3.04. The molecule has 0 bridgehead atoms. The van der Waals surface area contributed by atoms with Gasteiger partial charge in [0.2, 0.25) is 0 Å². The van der Waals surface area contributed by atoms with Crippen LogP contribution in [-0.4, -0.2) is 61.3 Å². The second-order valence-electron chi connectivity index (χ2n) is 5.95. The van der Waals surface area contributed by atoms with Crippen molar-refractivity contribution in [3.05, 3.63) is 0 Å². The fourth-order valence-corrected chi connectivity index (χ4v) is 4.25. The Bertz CT molecular complexity index is 319. The number of ether oxygens (including phenoxy) is 1. The standard InChI is InChI=1S/C16H31N3OS/c1-3-15-13-19(10-12-21-15)16(17-2)18-9-6-11-20-14-7-4-5-8-14/h14-15H,3-13H2,1-2H3,(H,17,18). The molecule has 0 amide bonds. The first-order valence-corrected chi connectivity index (χ1v) is 9.57. The van der Waals surface area contributed by atoms with Crippen molar-refractivity contribution in [3.8, 4) is 0 Å². The summed E-state index contributed by atoms with van der Waals surface area (Å²) in [5.74, 6) is 2.28. The highest BCUT2D eigenvalue weighted by Crippen LogP contribution is 2.21. The van der Waals surface area contributed by atoms with Gasteiger partial charge in [-0.15, -0.1) is 0 Å². The molecule has 1 heterocycles. The average molecular weight is 314 g/mol. The van der Waals surface area contributed by atoms with Crippen molar-refractivity contribution in [1.82, 2.24) is 10.2 Å². The van der Waals surface area contributed by atoms with Crippen molar-refractivity contribution < 1.29 is 4.74 Å². The molecular formula is C16H31N3OS. The topological polar surface area (TPSA) is 36.9 Å². The van der Waals surface area contributed by atoms with Crippen LogP contribution in [0, 0.1) is 0 Å². The van der Waals surface area contributed by atoms with Crippen LogP contribution in [0.2, 0.25) is 0 Å². The van der Waals surface area contributed by atoms with Crippen LogP contribution in [0.15, 0.2) is 4.99 Å². The van der Waals surface area contributed by atoms with Gasteiger partial charge < -0.3 is 15.0 Å². The minimum Gasteiger partial charge on any atom is -0.378 e. The molecule has 21 heavy (non-hydrogen) atoms. The zero-order valence-corrected chi connectivity index (χ0v) is 14.5. The number of hydrogen-bond donors (Lipinski definition) is 1. The molecule has 0 aromatic rings. The number of nitrogens with zero attached hydrogens (tertiary/aromatic N) is 2. The van der Waals surface area contributed by atoms with E-state index in [0.29, 0.717) is 6.10 Å². The van der Waals surface area contributed by atoms with Gasteiger partial charge in [-0.3, -0.25) is 4.99 Å². The molecule has 4 nitrogen and oxygen atoms in total. The molecule has 5 heteroatoms. The second kappa shape index (κ2) is 9.57. The van der Waals surface area contributed by atoms with E-state index in [1.54, 1.807) is 0 Å². The van der Waals surface area contributed by atoms with Gasteiger partial charge in [0, 0.05) is 44.3 Å². The monoisotopic (exact) mass is 313 g/mol. The van der Waals surface area contributed by atoms with Crippen LogP contribution in [-0.2, 0) is 4.74 Å². The van der Waals surface area contributed by atoms with E-state index >= 15 is 0 Å². The van der Waals surface area contributed by atoms with E-state index in [-0.39, 0.29) is 0 Å². The minimum absolute atomic E-state index is 0.536. The molecule has 2 fully saturated rings. The Morgan fingerprint density at radius 2 is 2.19 bits per heavy atom. The predicted octanol–water partition coefficient (Wildman–Crippen LogP) is 2.74. The fourth-order valence-electron chi connectivity index (χ4n) is 3.07. The maximum absolute atomic E-state index is 5.90. The van der Waals surface area contributed by atoms with E-state index in [9.17, 15) is 0 Å². The third kappa shape index (κ3) is 5.70. The van der Waals surface area contributed by atoms with Gasteiger partial charge in [-0.25, -0.2) is 0 Å². The van der Waals surface area contributed by atoms with Crippen molar-refractivity contribution in [2.45, 2.75) is 56.8 Å². The predicted molar refractivity (Wildman–Crippen MR) is 92.3 cm³/mol. The first-order chi connectivity index (χ1) is 10.3. The van der Waals surface area contributed by atoms with Gasteiger partial charge in [0.25, 0.3) is 0 Å². The van der Waals surface area contributed by atoms with Gasteiger partial charge in [0.15, 0.2) is 5.96 Å². The number of guanidine groups is 1. The molecule has 1 aliphatic heterocycles. The van der Waals surface area contributed by atoms with Crippen LogP contribution in [0.4, 0.5) is 0 Å². The van der Waals surface area contributed by atoms with Gasteiger partial charge in [-0.1, -0.05) is 19.8 Å². The zero-order valence-electron chi connectivity index (χ0n) is 13.6. The third-order valence-corrected chi connectivity index (χ3v) is 5.74. The van der Waals surface area contributed by atoms with Crippen molar-refractivity contribution in [1.29, 1.82) is 0 Å². The Balaban J connectivity index is 1.60. The largest absolute Gasteiger partial charge is 0.378 e. The lowest BCUT2D eigenvalue weighted by atomic mass is 10.3. The number of thioether (sulfide) groups is 1. The highest BCUT2D eigenvalue weighted by atomic mass is 32.2. The summed E-state index contributed by atoms with van der Waals surface area (Å²) in [6.07, 6.45) is 8.07. The lowest BCUT2D eigenvalue weighted by molar-refractivity contribution is 0.0573. The van der Waals surface area contributed by atoms with Gasteiger partial charge in [0.1, 0.15) is 0 Å². The van der Waals surface area contributed by atoms with Crippen molar-refractivity contribution in [2.75, 3.05) is 39.0 Å². The maximum atomic E-state index is 5.90. The Morgan fingerprint density at radius 3 is 2.90 bits per heavy atom. The Morgan fingerprint density at radius 1 is 1.38 bits per heavy atom. The van der Waals surface area contributed by atoms with E-state index in [4.69, 9.17) is 4.74 Å². The van der Waals surface area contributed by atoms with Gasteiger partial charge in [-0.05, 0) is 25.7 Å². The van der Waals surface area contributed by atoms with Crippen LogP contribution in [0.3, 0.4) is 0 Å². The van der Waals surface area contributed by atoms with E-state index in [1.807, 2.05) is 7.05 Å². The lowest BCUT2D eigenvalue weighted by Gasteiger charge is -2.34. The Labute approximate surface area is 134 Å². The molecule has 2 rings (SSSR count). The summed E-state index contributed by atoms with van der Waals surface area (Å²) in [7, 11) is 1.89.